The molecule has 0 fully saturated rings. The molecular weight excluding hydrogens is 528 g/mol. The predicted molar refractivity (Wildman–Crippen MR) is 189 cm³/mol. The standard InChI is InChI=1S/C44H30/c1-4-14-32(15-5-1)43(33-16-6-2-7-17-33)44(34-18-8-3-9-19-34)35-26-24-31(25-27-35)36-28-29-41-39-22-11-10-20-37(39)38-21-12-13-23-40(38)42(41)30-36/h1-30H. The summed E-state index contributed by atoms with van der Waals surface area (Å²) in [5.41, 5.74) is 9.69. The molecule has 0 nitrogen and oxygen atoms in total. The van der Waals surface area contributed by atoms with Crippen molar-refractivity contribution in [3.05, 3.63) is 204 Å². The first-order chi connectivity index (χ1) is 21.8. The van der Waals surface area contributed by atoms with Crippen molar-refractivity contribution in [3.8, 4) is 11.1 Å². The highest BCUT2D eigenvalue weighted by atomic mass is 14.2. The van der Waals surface area contributed by atoms with Crippen LogP contribution in [-0.4, -0.2) is 0 Å². The minimum atomic E-state index is 1.19. The summed E-state index contributed by atoms with van der Waals surface area (Å²) < 4.78 is 0. The number of rotatable bonds is 5. The van der Waals surface area contributed by atoms with Gasteiger partial charge in [-0.1, -0.05) is 176 Å². The Morgan fingerprint density at radius 1 is 0.227 bits per heavy atom. The first-order valence-corrected chi connectivity index (χ1v) is 15.2. The molecular formula is C44H30. The SMILES string of the molecule is c1ccc(C(=C(c2ccccc2)c2ccc(-c3ccc4c5ccccc5c5ccccc5c4c3)cc2)c2ccccc2)cc1. The van der Waals surface area contributed by atoms with Gasteiger partial charge in [0.05, 0.1) is 0 Å². The van der Waals surface area contributed by atoms with E-state index in [0.29, 0.717) is 0 Å². The van der Waals surface area contributed by atoms with Crippen LogP contribution in [0.4, 0.5) is 0 Å². The maximum absolute atomic E-state index is 2.37. The summed E-state index contributed by atoms with van der Waals surface area (Å²) in [4.78, 5) is 0. The highest BCUT2D eigenvalue weighted by Crippen LogP contribution is 2.39. The molecule has 8 aromatic carbocycles. The average Bonchev–Trinajstić information content (AvgIpc) is 3.12. The van der Waals surface area contributed by atoms with Gasteiger partial charge in [-0.15, -0.1) is 0 Å². The van der Waals surface area contributed by atoms with Crippen LogP contribution in [0.3, 0.4) is 0 Å². The van der Waals surface area contributed by atoms with Crippen molar-refractivity contribution in [3.63, 3.8) is 0 Å². The molecule has 0 spiro atoms. The van der Waals surface area contributed by atoms with Gasteiger partial charge >= 0.3 is 0 Å². The molecule has 0 atom stereocenters. The summed E-state index contributed by atoms with van der Waals surface area (Å²) in [6.45, 7) is 0. The van der Waals surface area contributed by atoms with Crippen LogP contribution in [0.2, 0.25) is 0 Å². The molecule has 206 valence electrons. The zero-order valence-corrected chi connectivity index (χ0v) is 24.3. The molecule has 0 bridgehead atoms. The zero-order valence-electron chi connectivity index (χ0n) is 24.3. The van der Waals surface area contributed by atoms with Crippen LogP contribution in [0.25, 0.3) is 54.6 Å². The van der Waals surface area contributed by atoms with Gasteiger partial charge in [-0.3, -0.25) is 0 Å². The molecule has 0 aliphatic carbocycles. The summed E-state index contributed by atoms with van der Waals surface area (Å²) in [6.07, 6.45) is 0. The third-order valence-electron chi connectivity index (χ3n) is 8.69. The summed E-state index contributed by atoms with van der Waals surface area (Å²) in [6, 6.07) is 65.8. The molecule has 0 amide bonds. The fourth-order valence-electron chi connectivity index (χ4n) is 6.64. The Bertz CT molecular complexity index is 2200. The monoisotopic (exact) mass is 558 g/mol. The molecule has 0 radical (unpaired) electrons. The van der Waals surface area contributed by atoms with E-state index in [1.54, 1.807) is 0 Å². The molecule has 0 aliphatic heterocycles. The Morgan fingerprint density at radius 2 is 0.545 bits per heavy atom. The van der Waals surface area contributed by atoms with E-state index in [4.69, 9.17) is 0 Å². The number of fused-ring (bicyclic) bond motifs is 6. The van der Waals surface area contributed by atoms with E-state index in [9.17, 15) is 0 Å². The van der Waals surface area contributed by atoms with Gasteiger partial charge in [0.25, 0.3) is 0 Å². The molecule has 0 aliphatic rings. The van der Waals surface area contributed by atoms with Crippen LogP contribution in [0.15, 0.2) is 182 Å². The molecule has 8 rings (SSSR count). The third-order valence-corrected chi connectivity index (χ3v) is 8.69. The lowest BCUT2D eigenvalue weighted by molar-refractivity contribution is 1.50. The topological polar surface area (TPSA) is 0 Å². The van der Waals surface area contributed by atoms with Gasteiger partial charge in [0.1, 0.15) is 0 Å². The lowest BCUT2D eigenvalue weighted by atomic mass is 9.85. The van der Waals surface area contributed by atoms with E-state index in [2.05, 4.69) is 182 Å². The van der Waals surface area contributed by atoms with Crippen molar-refractivity contribution in [2.45, 2.75) is 0 Å². The van der Waals surface area contributed by atoms with Gasteiger partial charge in [0.15, 0.2) is 0 Å². The highest BCUT2D eigenvalue weighted by Gasteiger charge is 2.16. The molecule has 8 aromatic rings. The van der Waals surface area contributed by atoms with Crippen LogP contribution in [-0.2, 0) is 0 Å². The molecule has 0 aromatic heterocycles. The Labute approximate surface area is 258 Å². The normalized spacial score (nSPS) is 11.2. The van der Waals surface area contributed by atoms with E-state index in [1.807, 2.05) is 0 Å². The smallest absolute Gasteiger partial charge is 0.00268 e. The summed E-state index contributed by atoms with van der Waals surface area (Å²) in [5, 5.41) is 7.79. The Morgan fingerprint density at radius 3 is 0.977 bits per heavy atom. The highest BCUT2D eigenvalue weighted by molar-refractivity contribution is 6.25. The van der Waals surface area contributed by atoms with Gasteiger partial charge in [0.2, 0.25) is 0 Å². The van der Waals surface area contributed by atoms with Gasteiger partial charge in [-0.2, -0.15) is 0 Å². The van der Waals surface area contributed by atoms with Crippen LogP contribution in [0.5, 0.6) is 0 Å². The van der Waals surface area contributed by atoms with Crippen LogP contribution in [0.1, 0.15) is 22.3 Å². The Balaban J connectivity index is 1.31. The van der Waals surface area contributed by atoms with Crippen molar-refractivity contribution >= 4 is 43.5 Å². The minimum Gasteiger partial charge on any atom is -0.0622 e. The lowest BCUT2D eigenvalue weighted by Gasteiger charge is -2.18. The van der Waals surface area contributed by atoms with Crippen molar-refractivity contribution in [2.24, 2.45) is 0 Å². The first kappa shape index (κ1) is 25.9. The Kier molecular flexibility index (Phi) is 6.59. The largest absolute Gasteiger partial charge is 0.0622 e. The van der Waals surface area contributed by atoms with Gasteiger partial charge in [-0.05, 0) is 82.9 Å². The average molecular weight is 559 g/mol. The van der Waals surface area contributed by atoms with Crippen molar-refractivity contribution < 1.29 is 0 Å². The predicted octanol–water partition coefficient (Wildman–Crippen LogP) is 11.8. The van der Waals surface area contributed by atoms with E-state index < -0.39 is 0 Å². The Hall–Kier alpha value is -5.72. The molecule has 0 saturated heterocycles. The van der Waals surface area contributed by atoms with E-state index >= 15 is 0 Å². The summed E-state index contributed by atoms with van der Waals surface area (Å²) in [5.74, 6) is 0. The lowest BCUT2D eigenvalue weighted by Crippen LogP contribution is -1.97. The molecule has 0 N–H and O–H groups in total. The second-order valence-corrected chi connectivity index (χ2v) is 11.3. The maximum atomic E-state index is 2.37. The van der Waals surface area contributed by atoms with Crippen molar-refractivity contribution in [1.29, 1.82) is 0 Å². The second-order valence-electron chi connectivity index (χ2n) is 11.3. The number of hydrogen-bond donors (Lipinski definition) is 0. The van der Waals surface area contributed by atoms with E-state index in [0.717, 1.165) is 0 Å². The first-order valence-electron chi connectivity index (χ1n) is 15.2. The van der Waals surface area contributed by atoms with Gasteiger partial charge < -0.3 is 0 Å². The summed E-state index contributed by atoms with van der Waals surface area (Å²) in [7, 11) is 0. The maximum Gasteiger partial charge on any atom is -0.00268 e. The third kappa shape index (κ3) is 4.58. The van der Waals surface area contributed by atoms with Crippen LogP contribution < -0.4 is 0 Å². The zero-order chi connectivity index (χ0) is 29.3. The molecule has 0 saturated carbocycles. The molecule has 0 heteroatoms. The number of hydrogen-bond acceptors (Lipinski definition) is 0. The van der Waals surface area contributed by atoms with E-state index in [1.165, 1.54) is 76.8 Å². The minimum absolute atomic E-state index is 1.19. The van der Waals surface area contributed by atoms with Crippen molar-refractivity contribution in [2.75, 3.05) is 0 Å². The molecule has 44 heavy (non-hydrogen) atoms. The molecule has 0 heterocycles. The quantitative estimate of drug-likeness (QED) is 0.146. The molecule has 0 unspecified atom stereocenters. The fourth-order valence-corrected chi connectivity index (χ4v) is 6.64. The second kappa shape index (κ2) is 11.2. The fraction of sp³-hybridized carbons (Fsp3) is 0. The van der Waals surface area contributed by atoms with Gasteiger partial charge in [-0.25, -0.2) is 0 Å². The van der Waals surface area contributed by atoms with Crippen molar-refractivity contribution in [1.82, 2.24) is 0 Å². The summed E-state index contributed by atoms with van der Waals surface area (Å²) >= 11 is 0. The van der Waals surface area contributed by atoms with E-state index in [-0.39, 0.29) is 0 Å². The van der Waals surface area contributed by atoms with Gasteiger partial charge in [0, 0.05) is 0 Å². The number of benzene rings is 8. The van der Waals surface area contributed by atoms with Crippen LogP contribution >= 0.6 is 0 Å². The van der Waals surface area contributed by atoms with Crippen LogP contribution in [0, 0.1) is 0 Å².